The van der Waals surface area contributed by atoms with Crippen LogP contribution in [0.1, 0.15) is 45.1 Å². The van der Waals surface area contributed by atoms with E-state index in [4.69, 9.17) is 0 Å². The molecule has 6 heteroatoms. The number of anilines is 1. The van der Waals surface area contributed by atoms with Gasteiger partial charge < -0.3 is 4.90 Å². The van der Waals surface area contributed by atoms with E-state index in [2.05, 4.69) is 4.98 Å². The van der Waals surface area contributed by atoms with E-state index < -0.39 is 5.69 Å². The maximum atomic E-state index is 12.5. The standard InChI is InChI=1S/C13H22N4O2/c1-4-16-11(15(2)3)14-12(18)17(13(16)19)10-8-6-5-7-9-10/h10H,4-9H2,1-3H3. The highest BCUT2D eigenvalue weighted by Gasteiger charge is 2.22. The van der Waals surface area contributed by atoms with Crippen LogP contribution in [-0.2, 0) is 6.54 Å². The van der Waals surface area contributed by atoms with Crippen LogP contribution in [0.5, 0.6) is 0 Å². The third-order valence-electron chi connectivity index (χ3n) is 3.74. The van der Waals surface area contributed by atoms with E-state index in [1.807, 2.05) is 6.92 Å². The Balaban J connectivity index is 2.56. The van der Waals surface area contributed by atoms with Crippen LogP contribution in [0.15, 0.2) is 9.59 Å². The van der Waals surface area contributed by atoms with Gasteiger partial charge in [-0.25, -0.2) is 14.2 Å². The van der Waals surface area contributed by atoms with Gasteiger partial charge >= 0.3 is 11.4 Å². The minimum Gasteiger partial charge on any atom is -0.348 e. The lowest BCUT2D eigenvalue weighted by Crippen LogP contribution is -2.45. The molecule has 1 aromatic heterocycles. The topological polar surface area (TPSA) is 60.1 Å². The molecule has 0 aromatic carbocycles. The second kappa shape index (κ2) is 5.59. The van der Waals surface area contributed by atoms with Gasteiger partial charge in [0.1, 0.15) is 0 Å². The third-order valence-corrected chi connectivity index (χ3v) is 3.74. The first-order valence-electron chi connectivity index (χ1n) is 6.97. The molecule has 1 fully saturated rings. The van der Waals surface area contributed by atoms with E-state index in [1.54, 1.807) is 23.6 Å². The molecular weight excluding hydrogens is 244 g/mol. The van der Waals surface area contributed by atoms with Crippen LogP contribution in [0, 0.1) is 0 Å². The Labute approximate surface area is 112 Å². The maximum Gasteiger partial charge on any atom is 0.355 e. The van der Waals surface area contributed by atoms with Crippen LogP contribution in [-0.4, -0.2) is 28.2 Å². The number of nitrogens with zero attached hydrogens (tertiary/aromatic N) is 4. The Morgan fingerprint density at radius 1 is 1.21 bits per heavy atom. The second-order valence-electron chi connectivity index (χ2n) is 5.28. The SMILES string of the molecule is CCn1c(N(C)C)nc(=O)n(C2CCCCC2)c1=O. The summed E-state index contributed by atoms with van der Waals surface area (Å²) in [6, 6.07) is 0.0234. The molecule has 6 nitrogen and oxygen atoms in total. The van der Waals surface area contributed by atoms with E-state index in [-0.39, 0.29) is 11.7 Å². The first-order chi connectivity index (χ1) is 9.06. The zero-order valence-corrected chi connectivity index (χ0v) is 11.9. The van der Waals surface area contributed by atoms with Crippen LogP contribution >= 0.6 is 0 Å². The summed E-state index contributed by atoms with van der Waals surface area (Å²) in [6.45, 7) is 2.41. The molecule has 0 amide bonds. The lowest BCUT2D eigenvalue weighted by molar-refractivity contribution is 0.324. The van der Waals surface area contributed by atoms with Crippen molar-refractivity contribution in [3.63, 3.8) is 0 Å². The first-order valence-corrected chi connectivity index (χ1v) is 6.97. The molecule has 1 saturated carbocycles. The summed E-state index contributed by atoms with van der Waals surface area (Å²) in [6.07, 6.45) is 5.16. The Morgan fingerprint density at radius 3 is 2.37 bits per heavy atom. The van der Waals surface area contributed by atoms with Gasteiger partial charge in [0.05, 0.1) is 0 Å². The van der Waals surface area contributed by atoms with Gasteiger partial charge in [0.25, 0.3) is 0 Å². The molecule has 19 heavy (non-hydrogen) atoms. The van der Waals surface area contributed by atoms with Gasteiger partial charge in [-0.15, -0.1) is 0 Å². The van der Waals surface area contributed by atoms with Crippen molar-refractivity contribution in [2.24, 2.45) is 0 Å². The highest BCUT2D eigenvalue weighted by atomic mass is 16.2. The summed E-state index contributed by atoms with van der Waals surface area (Å²) >= 11 is 0. The molecule has 0 unspecified atom stereocenters. The van der Waals surface area contributed by atoms with Gasteiger partial charge in [-0.1, -0.05) is 19.3 Å². The molecule has 0 saturated heterocycles. The molecule has 0 atom stereocenters. The van der Waals surface area contributed by atoms with Gasteiger partial charge in [0.15, 0.2) is 0 Å². The average Bonchev–Trinajstić information content (AvgIpc) is 2.39. The molecule has 1 heterocycles. The monoisotopic (exact) mass is 266 g/mol. The zero-order valence-electron chi connectivity index (χ0n) is 11.9. The lowest BCUT2D eigenvalue weighted by atomic mass is 9.95. The summed E-state index contributed by atoms with van der Waals surface area (Å²) in [7, 11) is 3.58. The van der Waals surface area contributed by atoms with E-state index >= 15 is 0 Å². The van der Waals surface area contributed by atoms with Gasteiger partial charge in [0.2, 0.25) is 5.95 Å². The summed E-state index contributed by atoms with van der Waals surface area (Å²) in [5, 5.41) is 0. The summed E-state index contributed by atoms with van der Waals surface area (Å²) in [4.78, 5) is 30.4. The van der Waals surface area contributed by atoms with Crippen molar-refractivity contribution in [3.8, 4) is 0 Å². The molecule has 0 radical (unpaired) electrons. The van der Waals surface area contributed by atoms with Crippen LogP contribution in [0.2, 0.25) is 0 Å². The van der Waals surface area contributed by atoms with Crippen LogP contribution in [0.4, 0.5) is 5.95 Å². The van der Waals surface area contributed by atoms with E-state index in [1.165, 1.54) is 11.0 Å². The minimum absolute atomic E-state index is 0.0234. The predicted molar refractivity (Wildman–Crippen MR) is 74.9 cm³/mol. The van der Waals surface area contributed by atoms with Gasteiger partial charge in [-0.3, -0.25) is 4.57 Å². The van der Waals surface area contributed by atoms with Crippen molar-refractivity contribution in [1.82, 2.24) is 14.1 Å². The largest absolute Gasteiger partial charge is 0.355 e. The molecule has 1 aliphatic carbocycles. The normalized spacial score (nSPS) is 16.6. The van der Waals surface area contributed by atoms with E-state index in [0.717, 1.165) is 25.7 Å². The number of hydrogen-bond acceptors (Lipinski definition) is 4. The van der Waals surface area contributed by atoms with Crippen LogP contribution in [0.25, 0.3) is 0 Å². The predicted octanol–water partition coefficient (Wildman–Crippen LogP) is 0.996. The Hall–Kier alpha value is -1.59. The molecule has 1 aromatic rings. The molecule has 1 aliphatic rings. The molecule has 0 aliphatic heterocycles. The third kappa shape index (κ3) is 2.57. The van der Waals surface area contributed by atoms with Crippen molar-refractivity contribution in [2.75, 3.05) is 19.0 Å². The fourth-order valence-electron chi connectivity index (χ4n) is 2.77. The Bertz CT molecular complexity index is 553. The van der Waals surface area contributed by atoms with Crippen molar-refractivity contribution < 1.29 is 0 Å². The van der Waals surface area contributed by atoms with E-state index in [0.29, 0.717) is 12.5 Å². The number of rotatable bonds is 3. The van der Waals surface area contributed by atoms with Crippen molar-refractivity contribution >= 4 is 5.95 Å². The van der Waals surface area contributed by atoms with Gasteiger partial charge in [-0.2, -0.15) is 4.98 Å². The molecule has 0 spiro atoms. The fourth-order valence-corrected chi connectivity index (χ4v) is 2.77. The summed E-state index contributed by atoms with van der Waals surface area (Å²) in [5.74, 6) is 0.435. The van der Waals surface area contributed by atoms with Crippen LogP contribution in [0.3, 0.4) is 0 Å². The highest BCUT2D eigenvalue weighted by Crippen LogP contribution is 2.25. The Morgan fingerprint density at radius 2 is 1.84 bits per heavy atom. The quantitative estimate of drug-likeness (QED) is 0.819. The van der Waals surface area contributed by atoms with Gasteiger partial charge in [0, 0.05) is 26.7 Å². The molecule has 106 valence electrons. The highest BCUT2D eigenvalue weighted by molar-refractivity contribution is 5.26. The minimum atomic E-state index is -0.412. The molecule has 2 rings (SSSR count). The number of aromatic nitrogens is 3. The van der Waals surface area contributed by atoms with Crippen molar-refractivity contribution in [3.05, 3.63) is 21.0 Å². The summed E-state index contributed by atoms with van der Waals surface area (Å²) < 4.78 is 2.92. The number of hydrogen-bond donors (Lipinski definition) is 0. The second-order valence-corrected chi connectivity index (χ2v) is 5.28. The van der Waals surface area contributed by atoms with Crippen molar-refractivity contribution in [1.29, 1.82) is 0 Å². The average molecular weight is 266 g/mol. The van der Waals surface area contributed by atoms with Gasteiger partial charge in [-0.05, 0) is 19.8 Å². The summed E-state index contributed by atoms with van der Waals surface area (Å²) in [5.41, 5.74) is -0.636. The zero-order chi connectivity index (χ0) is 14.0. The van der Waals surface area contributed by atoms with Crippen molar-refractivity contribution in [2.45, 2.75) is 51.6 Å². The first kappa shape index (κ1) is 13.8. The maximum absolute atomic E-state index is 12.5. The fraction of sp³-hybridized carbons (Fsp3) is 0.769. The van der Waals surface area contributed by atoms with Crippen LogP contribution < -0.4 is 16.3 Å². The molecule has 0 N–H and O–H groups in total. The molecule has 0 bridgehead atoms. The lowest BCUT2D eigenvalue weighted by Gasteiger charge is -2.25. The molecular formula is C13H22N4O2. The smallest absolute Gasteiger partial charge is 0.348 e. The van der Waals surface area contributed by atoms with E-state index in [9.17, 15) is 9.59 Å². The Kier molecular flexibility index (Phi) is 4.07.